The molecule has 2 aliphatic rings. The van der Waals surface area contributed by atoms with E-state index < -0.39 is 0 Å². The Kier molecular flexibility index (Phi) is 6.91. The van der Waals surface area contributed by atoms with E-state index in [0.29, 0.717) is 60.5 Å². The molecule has 6 bridgehead atoms. The number of aromatic nitrogens is 4. The van der Waals surface area contributed by atoms with Crippen LogP contribution in [0.15, 0.2) is 53.7 Å². The Labute approximate surface area is 234 Å². The van der Waals surface area contributed by atoms with Gasteiger partial charge in [0.25, 0.3) is 5.91 Å². The molecule has 204 valence electrons. The van der Waals surface area contributed by atoms with Crippen LogP contribution in [0.1, 0.15) is 33.8 Å². The van der Waals surface area contributed by atoms with Crippen LogP contribution in [0.2, 0.25) is 5.02 Å². The van der Waals surface area contributed by atoms with Gasteiger partial charge in [0.15, 0.2) is 12.2 Å². The van der Waals surface area contributed by atoms with E-state index in [4.69, 9.17) is 16.0 Å². The molecule has 13 heteroatoms. The monoisotopic (exact) mass is 559 g/mol. The zero-order chi connectivity index (χ0) is 27.6. The number of carbonyl (C=O) groups excluding carboxylic acids is 2. The maximum Gasteiger partial charge on any atom is 0.319 e. The van der Waals surface area contributed by atoms with Crippen LogP contribution in [0.3, 0.4) is 0 Å². The second-order valence-corrected chi connectivity index (χ2v) is 10.1. The maximum atomic E-state index is 13.0. The van der Waals surface area contributed by atoms with Gasteiger partial charge in [-0.3, -0.25) is 9.78 Å². The maximum absolute atomic E-state index is 13.0. The number of hydrogen-bond donors (Lipinski definition) is 4. The summed E-state index contributed by atoms with van der Waals surface area (Å²) in [6.07, 6.45) is 8.29. The van der Waals surface area contributed by atoms with Gasteiger partial charge < -0.3 is 30.6 Å². The standard InChI is InChI=1S/C27H26ClN9O3/c1-15-23(40-14-31-15)25(38)37-7-6-19(13-37)34-27(39)35-22-5-4-18-9-17(22)3-2-16-8-20(11-29-10-16)33-26-30-12-21(28)24(32-18)36-26/h4-5,8-12,14,19H,2-3,6-7,13H2,1H3,(H2,34,35,39)(H2,30,32,33,36)/t19-/m0/s1. The third-order valence-electron chi connectivity index (χ3n) is 6.84. The molecule has 3 amide bonds. The lowest BCUT2D eigenvalue weighted by atomic mass is 10.0. The number of hydrogen-bond acceptors (Lipinski definition) is 9. The van der Waals surface area contributed by atoms with Crippen molar-refractivity contribution in [2.45, 2.75) is 32.2 Å². The first-order chi connectivity index (χ1) is 19.4. The number of oxazole rings is 1. The Morgan fingerprint density at radius 3 is 2.85 bits per heavy atom. The van der Waals surface area contributed by atoms with Crippen molar-refractivity contribution in [2.75, 3.05) is 29.0 Å². The van der Waals surface area contributed by atoms with E-state index in [-0.39, 0.29) is 23.7 Å². The number of nitrogens with one attached hydrogen (secondary N) is 4. The minimum absolute atomic E-state index is 0.186. The van der Waals surface area contributed by atoms with Crippen molar-refractivity contribution in [2.24, 2.45) is 0 Å². The Morgan fingerprint density at radius 2 is 2.00 bits per heavy atom. The van der Waals surface area contributed by atoms with Crippen LogP contribution in [-0.2, 0) is 12.8 Å². The minimum Gasteiger partial charge on any atom is -0.438 e. The molecule has 1 saturated heterocycles. The first-order valence-electron chi connectivity index (χ1n) is 12.8. The third kappa shape index (κ3) is 5.52. The summed E-state index contributed by atoms with van der Waals surface area (Å²) in [5.74, 6) is 0.852. The average molecular weight is 560 g/mol. The van der Waals surface area contributed by atoms with Crippen molar-refractivity contribution in [3.8, 4) is 0 Å². The molecule has 40 heavy (non-hydrogen) atoms. The van der Waals surface area contributed by atoms with Gasteiger partial charge in [-0.25, -0.2) is 14.8 Å². The lowest BCUT2D eigenvalue weighted by Crippen LogP contribution is -2.40. The number of anilines is 5. The van der Waals surface area contributed by atoms with Gasteiger partial charge in [0.1, 0.15) is 5.02 Å². The molecule has 0 aliphatic carbocycles. The van der Waals surface area contributed by atoms with Crippen molar-refractivity contribution in [1.29, 1.82) is 0 Å². The number of nitrogens with zero attached hydrogens (tertiary/aromatic N) is 5. The van der Waals surface area contributed by atoms with E-state index in [1.54, 1.807) is 18.0 Å². The zero-order valence-corrected chi connectivity index (χ0v) is 22.3. The van der Waals surface area contributed by atoms with Gasteiger partial charge >= 0.3 is 6.03 Å². The molecule has 3 aromatic heterocycles. The van der Waals surface area contributed by atoms with Gasteiger partial charge in [-0.2, -0.15) is 4.98 Å². The van der Waals surface area contributed by atoms with Gasteiger partial charge in [0, 0.05) is 36.7 Å². The molecule has 5 heterocycles. The molecule has 0 unspecified atom stereocenters. The van der Waals surface area contributed by atoms with Crippen molar-refractivity contribution in [3.05, 3.63) is 76.9 Å². The number of pyridine rings is 1. The highest BCUT2D eigenvalue weighted by Crippen LogP contribution is 2.29. The quantitative estimate of drug-likeness (QED) is 0.285. The van der Waals surface area contributed by atoms with E-state index in [0.717, 1.165) is 22.5 Å². The number of urea groups is 1. The molecule has 1 fully saturated rings. The van der Waals surface area contributed by atoms with Gasteiger partial charge in [0.05, 0.1) is 23.8 Å². The summed E-state index contributed by atoms with van der Waals surface area (Å²) >= 11 is 6.35. The first kappa shape index (κ1) is 25.6. The van der Waals surface area contributed by atoms with Crippen LogP contribution < -0.4 is 21.3 Å². The number of benzene rings is 1. The molecule has 12 nitrogen and oxygen atoms in total. The Hall–Kier alpha value is -4.71. The van der Waals surface area contributed by atoms with Crippen LogP contribution in [0.4, 0.5) is 33.6 Å². The summed E-state index contributed by atoms with van der Waals surface area (Å²) in [7, 11) is 0. The lowest BCUT2D eigenvalue weighted by molar-refractivity contribution is 0.0757. The molecule has 6 rings (SSSR count). The topological polar surface area (TPSA) is 150 Å². The number of halogens is 1. The first-order valence-corrected chi connectivity index (χ1v) is 13.2. The number of likely N-dealkylation sites (tertiary alicyclic amines) is 1. The second kappa shape index (κ2) is 10.8. The largest absolute Gasteiger partial charge is 0.438 e. The van der Waals surface area contributed by atoms with E-state index >= 15 is 0 Å². The molecule has 1 aromatic carbocycles. The van der Waals surface area contributed by atoms with Gasteiger partial charge in [-0.15, -0.1) is 0 Å². The fourth-order valence-electron chi connectivity index (χ4n) is 4.81. The zero-order valence-electron chi connectivity index (χ0n) is 21.6. The summed E-state index contributed by atoms with van der Waals surface area (Å²) in [5.41, 5.74) is 4.70. The molecule has 0 saturated carbocycles. The Morgan fingerprint density at radius 1 is 1.10 bits per heavy atom. The normalized spacial score (nSPS) is 16.1. The van der Waals surface area contributed by atoms with Gasteiger partial charge in [0.2, 0.25) is 11.7 Å². The predicted octanol–water partition coefficient (Wildman–Crippen LogP) is 4.44. The summed E-state index contributed by atoms with van der Waals surface area (Å²) < 4.78 is 5.24. The third-order valence-corrected chi connectivity index (χ3v) is 7.12. The summed E-state index contributed by atoms with van der Waals surface area (Å²) in [6, 6.07) is 7.12. The van der Waals surface area contributed by atoms with Crippen molar-refractivity contribution >= 4 is 52.4 Å². The Balaban J connectivity index is 1.18. The number of rotatable bonds is 3. The number of aryl methyl sites for hydroxylation is 3. The minimum atomic E-state index is -0.341. The molecule has 4 aromatic rings. The number of fused-ring (bicyclic) bond motifs is 6. The Bertz CT molecular complexity index is 1590. The van der Waals surface area contributed by atoms with Crippen molar-refractivity contribution < 1.29 is 14.0 Å². The highest BCUT2D eigenvalue weighted by Gasteiger charge is 2.30. The van der Waals surface area contributed by atoms with E-state index in [2.05, 4.69) is 41.2 Å². The van der Waals surface area contributed by atoms with Crippen molar-refractivity contribution in [1.82, 2.24) is 30.2 Å². The number of carbonyl (C=O) groups is 2. The second-order valence-electron chi connectivity index (χ2n) is 9.70. The number of amides is 3. The summed E-state index contributed by atoms with van der Waals surface area (Å²) in [6.45, 7) is 2.64. The summed E-state index contributed by atoms with van der Waals surface area (Å²) in [5, 5.41) is 12.8. The van der Waals surface area contributed by atoms with E-state index in [1.165, 1.54) is 12.6 Å². The van der Waals surface area contributed by atoms with E-state index in [9.17, 15) is 9.59 Å². The predicted molar refractivity (Wildman–Crippen MR) is 149 cm³/mol. The van der Waals surface area contributed by atoms with Crippen LogP contribution in [0.5, 0.6) is 0 Å². The molecular weight excluding hydrogens is 534 g/mol. The molecule has 1 atom stereocenters. The van der Waals surface area contributed by atoms with Crippen LogP contribution >= 0.6 is 11.6 Å². The highest BCUT2D eigenvalue weighted by atomic mass is 35.5. The fraction of sp³-hybridized carbons (Fsp3) is 0.259. The lowest BCUT2D eigenvalue weighted by Gasteiger charge is -2.18. The van der Waals surface area contributed by atoms with Gasteiger partial charge in [-0.1, -0.05) is 11.6 Å². The summed E-state index contributed by atoms with van der Waals surface area (Å²) in [4.78, 5) is 44.5. The fourth-order valence-corrected chi connectivity index (χ4v) is 4.95. The molecule has 4 N–H and O–H groups in total. The SMILES string of the molecule is Cc1ncoc1C(=O)N1CC[C@H](NC(=O)Nc2ccc3cc2CCc2cncc(c2)Nc2ncc(Cl)c(n2)N3)C1. The van der Waals surface area contributed by atoms with Crippen molar-refractivity contribution in [3.63, 3.8) is 0 Å². The molecular formula is C27H26ClN9O3. The van der Waals surface area contributed by atoms with Crippen LogP contribution in [-0.4, -0.2) is 55.9 Å². The van der Waals surface area contributed by atoms with Crippen LogP contribution in [0.25, 0.3) is 0 Å². The average Bonchev–Trinajstić information content (AvgIpc) is 3.59. The van der Waals surface area contributed by atoms with E-state index in [1.807, 2.05) is 30.5 Å². The highest BCUT2D eigenvalue weighted by molar-refractivity contribution is 6.32. The molecule has 0 radical (unpaired) electrons. The molecule has 2 aliphatic heterocycles. The van der Waals surface area contributed by atoms with Gasteiger partial charge in [-0.05, 0) is 61.6 Å². The smallest absolute Gasteiger partial charge is 0.319 e. The molecule has 0 spiro atoms. The van der Waals surface area contributed by atoms with Crippen LogP contribution in [0, 0.1) is 6.92 Å².